The molecule has 0 spiro atoms. The Morgan fingerprint density at radius 2 is 1.61 bits per heavy atom. The van der Waals surface area contributed by atoms with Crippen LogP contribution in [0.15, 0.2) is 77.7 Å². The van der Waals surface area contributed by atoms with Crippen LogP contribution < -0.4 is 9.62 Å². The lowest BCUT2D eigenvalue weighted by molar-refractivity contribution is -0.139. The fourth-order valence-electron chi connectivity index (χ4n) is 5.07. The van der Waals surface area contributed by atoms with E-state index >= 15 is 0 Å². The molecule has 3 aromatic carbocycles. The molecule has 0 heterocycles. The van der Waals surface area contributed by atoms with Gasteiger partial charge in [-0.2, -0.15) is 13.2 Å². The first-order valence-electron chi connectivity index (χ1n) is 14.1. The summed E-state index contributed by atoms with van der Waals surface area (Å²) in [4.78, 5) is 28.2. The highest BCUT2D eigenvalue weighted by molar-refractivity contribution is 7.92. The second kappa shape index (κ2) is 14.0. The molecule has 0 aromatic heterocycles. The molecule has 3 aromatic rings. The fourth-order valence-corrected chi connectivity index (χ4v) is 6.72. The van der Waals surface area contributed by atoms with Crippen molar-refractivity contribution >= 4 is 39.1 Å². The van der Waals surface area contributed by atoms with Gasteiger partial charge in [-0.05, 0) is 67.8 Å². The number of anilines is 1. The number of halogens is 5. The highest BCUT2D eigenvalue weighted by Crippen LogP contribution is 2.38. The summed E-state index contributed by atoms with van der Waals surface area (Å²) in [5.41, 5.74) is -1.26. The van der Waals surface area contributed by atoms with Gasteiger partial charge in [0.05, 0.1) is 21.2 Å². The normalized spacial score (nSPS) is 15.0. The van der Waals surface area contributed by atoms with Crippen molar-refractivity contribution in [1.29, 1.82) is 0 Å². The van der Waals surface area contributed by atoms with Crippen LogP contribution in [0.2, 0.25) is 5.02 Å². The van der Waals surface area contributed by atoms with Gasteiger partial charge in [-0.25, -0.2) is 12.8 Å². The summed E-state index contributed by atoms with van der Waals surface area (Å²) in [5.74, 6) is -1.84. The molecule has 0 bridgehead atoms. The van der Waals surface area contributed by atoms with Crippen molar-refractivity contribution in [2.24, 2.45) is 0 Å². The van der Waals surface area contributed by atoms with Crippen molar-refractivity contribution in [3.05, 3.63) is 94.8 Å². The van der Waals surface area contributed by atoms with E-state index in [1.807, 2.05) is 0 Å². The molecule has 236 valence electrons. The molecule has 4 rings (SSSR count). The van der Waals surface area contributed by atoms with E-state index in [2.05, 4.69) is 5.32 Å². The van der Waals surface area contributed by atoms with Crippen LogP contribution in [-0.2, 0) is 32.3 Å². The van der Waals surface area contributed by atoms with Crippen LogP contribution in [0.5, 0.6) is 0 Å². The minimum atomic E-state index is -4.90. The van der Waals surface area contributed by atoms with E-state index in [1.165, 1.54) is 55.5 Å². The highest BCUT2D eigenvalue weighted by atomic mass is 35.5. The number of hydrogen-bond donors (Lipinski definition) is 1. The molecule has 0 aliphatic heterocycles. The maximum atomic E-state index is 14.0. The zero-order chi connectivity index (χ0) is 32.1. The number of amides is 2. The van der Waals surface area contributed by atoms with Crippen LogP contribution in [0.4, 0.5) is 23.2 Å². The number of benzene rings is 3. The Morgan fingerprint density at radius 1 is 0.977 bits per heavy atom. The Hall–Kier alpha value is -3.64. The Kier molecular flexibility index (Phi) is 10.6. The van der Waals surface area contributed by atoms with E-state index in [0.29, 0.717) is 15.9 Å². The summed E-state index contributed by atoms with van der Waals surface area (Å²) >= 11 is 5.80. The van der Waals surface area contributed by atoms with Crippen LogP contribution in [0.25, 0.3) is 0 Å². The smallest absolute Gasteiger partial charge is 0.352 e. The van der Waals surface area contributed by atoms with Crippen molar-refractivity contribution in [3.8, 4) is 0 Å². The molecule has 1 aliphatic rings. The molecular weight excluding hydrogens is 622 g/mol. The van der Waals surface area contributed by atoms with Crippen LogP contribution in [-0.4, -0.2) is 43.8 Å². The third-order valence-electron chi connectivity index (χ3n) is 7.54. The van der Waals surface area contributed by atoms with E-state index in [1.54, 1.807) is 6.07 Å². The molecule has 1 N–H and O–H groups in total. The minimum Gasteiger partial charge on any atom is -0.352 e. The Labute approximate surface area is 258 Å². The van der Waals surface area contributed by atoms with E-state index < -0.39 is 62.7 Å². The van der Waals surface area contributed by atoms with E-state index in [-0.39, 0.29) is 17.5 Å². The molecule has 13 heteroatoms. The lowest BCUT2D eigenvalue weighted by Gasteiger charge is -2.33. The van der Waals surface area contributed by atoms with Gasteiger partial charge in [0.2, 0.25) is 11.8 Å². The molecule has 44 heavy (non-hydrogen) atoms. The number of alkyl halides is 3. The van der Waals surface area contributed by atoms with Crippen molar-refractivity contribution in [3.63, 3.8) is 0 Å². The SMILES string of the molecule is C[C@H](C(=O)NC1CCCCC1)N(Cc1ccc(F)cc1)C(=O)CN(c1ccc(Cl)c(C(F)(F)F)c1)S(=O)(=O)c1ccccc1. The van der Waals surface area contributed by atoms with Gasteiger partial charge in [-0.3, -0.25) is 13.9 Å². The summed E-state index contributed by atoms with van der Waals surface area (Å²) < 4.78 is 83.1. The lowest BCUT2D eigenvalue weighted by Crippen LogP contribution is -2.53. The minimum absolute atomic E-state index is 0.0775. The third kappa shape index (κ3) is 8.09. The zero-order valence-electron chi connectivity index (χ0n) is 23.9. The molecule has 1 fully saturated rings. The Bertz CT molecular complexity index is 1560. The molecule has 1 aliphatic carbocycles. The molecule has 0 saturated heterocycles. The zero-order valence-corrected chi connectivity index (χ0v) is 25.4. The van der Waals surface area contributed by atoms with Crippen LogP contribution in [0, 0.1) is 5.82 Å². The van der Waals surface area contributed by atoms with Gasteiger partial charge in [-0.15, -0.1) is 0 Å². The molecule has 7 nitrogen and oxygen atoms in total. The van der Waals surface area contributed by atoms with Crippen LogP contribution in [0.1, 0.15) is 50.2 Å². The maximum Gasteiger partial charge on any atom is 0.417 e. The van der Waals surface area contributed by atoms with Crippen LogP contribution >= 0.6 is 11.6 Å². The second-order valence-corrected chi connectivity index (χ2v) is 12.9. The molecule has 0 radical (unpaired) electrons. The first-order chi connectivity index (χ1) is 20.8. The molecule has 2 amide bonds. The average Bonchev–Trinajstić information content (AvgIpc) is 2.99. The van der Waals surface area contributed by atoms with Gasteiger partial charge >= 0.3 is 6.18 Å². The summed E-state index contributed by atoms with van der Waals surface area (Å²) in [6, 6.07) is 13.6. The number of nitrogens with one attached hydrogen (secondary N) is 1. The average molecular weight is 654 g/mol. The van der Waals surface area contributed by atoms with E-state index in [4.69, 9.17) is 11.6 Å². The van der Waals surface area contributed by atoms with Gasteiger partial charge in [0.25, 0.3) is 10.0 Å². The summed E-state index contributed by atoms with van der Waals surface area (Å²) in [7, 11) is -4.58. The van der Waals surface area contributed by atoms with Crippen molar-refractivity contribution in [2.45, 2.75) is 68.7 Å². The topological polar surface area (TPSA) is 86.8 Å². The number of sulfonamides is 1. The van der Waals surface area contributed by atoms with E-state index in [0.717, 1.165) is 49.1 Å². The summed E-state index contributed by atoms with van der Waals surface area (Å²) in [6.45, 7) is 0.365. The quantitative estimate of drug-likeness (QED) is 0.251. The summed E-state index contributed by atoms with van der Waals surface area (Å²) in [5, 5.41) is 2.31. The summed E-state index contributed by atoms with van der Waals surface area (Å²) in [6.07, 6.45) is -0.379. The molecule has 0 unspecified atom stereocenters. The maximum absolute atomic E-state index is 14.0. The van der Waals surface area contributed by atoms with Gasteiger partial charge < -0.3 is 10.2 Å². The predicted molar refractivity (Wildman–Crippen MR) is 159 cm³/mol. The highest BCUT2D eigenvalue weighted by Gasteiger charge is 2.37. The lowest BCUT2D eigenvalue weighted by atomic mass is 9.95. The molecular formula is C31H32ClF4N3O4S. The number of carbonyl (C=O) groups is 2. The van der Waals surface area contributed by atoms with Gasteiger partial charge in [0.15, 0.2) is 0 Å². The van der Waals surface area contributed by atoms with Crippen molar-refractivity contribution in [2.75, 3.05) is 10.8 Å². The van der Waals surface area contributed by atoms with Gasteiger partial charge in [0, 0.05) is 12.6 Å². The second-order valence-electron chi connectivity index (χ2n) is 10.7. The Balaban J connectivity index is 1.73. The van der Waals surface area contributed by atoms with Gasteiger partial charge in [-0.1, -0.05) is 61.2 Å². The monoisotopic (exact) mass is 653 g/mol. The third-order valence-corrected chi connectivity index (χ3v) is 9.66. The number of nitrogens with zero attached hydrogens (tertiary/aromatic N) is 2. The largest absolute Gasteiger partial charge is 0.417 e. The predicted octanol–water partition coefficient (Wildman–Crippen LogP) is 6.56. The number of hydrogen-bond acceptors (Lipinski definition) is 4. The first-order valence-corrected chi connectivity index (χ1v) is 15.9. The van der Waals surface area contributed by atoms with Crippen molar-refractivity contribution < 1.29 is 35.6 Å². The number of carbonyl (C=O) groups excluding carboxylic acids is 2. The van der Waals surface area contributed by atoms with Gasteiger partial charge in [0.1, 0.15) is 18.4 Å². The first kappa shape index (κ1) is 33.3. The fraction of sp³-hybridized carbons (Fsp3) is 0.355. The number of rotatable bonds is 10. The standard InChI is InChI=1S/C31H32ClF4N3O4S/c1-21(30(41)37-24-8-4-2-5-9-24)38(19-22-12-14-23(33)15-13-22)29(40)20-39(44(42,43)26-10-6-3-7-11-26)25-16-17-28(32)27(18-25)31(34,35)36/h3,6-7,10-18,21,24H,2,4-5,8-9,19-20H2,1H3,(H,37,41)/t21-/m1/s1. The van der Waals surface area contributed by atoms with Crippen LogP contribution in [0.3, 0.4) is 0 Å². The van der Waals surface area contributed by atoms with E-state index in [9.17, 15) is 35.6 Å². The van der Waals surface area contributed by atoms with Crippen molar-refractivity contribution in [1.82, 2.24) is 10.2 Å². The molecule has 1 saturated carbocycles. The molecule has 1 atom stereocenters. The Morgan fingerprint density at radius 3 is 2.23 bits per heavy atom.